The molecule has 4 heteroatoms. The van der Waals surface area contributed by atoms with E-state index < -0.39 is 5.97 Å². The summed E-state index contributed by atoms with van der Waals surface area (Å²) in [5.41, 5.74) is 1.70. The Morgan fingerprint density at radius 3 is 2.73 bits per heavy atom. The predicted molar refractivity (Wildman–Crippen MR) is 59.8 cm³/mol. The van der Waals surface area contributed by atoms with Gasteiger partial charge in [-0.15, -0.1) is 0 Å². The van der Waals surface area contributed by atoms with E-state index in [9.17, 15) is 4.79 Å². The van der Waals surface area contributed by atoms with Gasteiger partial charge >= 0.3 is 5.97 Å². The van der Waals surface area contributed by atoms with Crippen LogP contribution in [0.5, 0.6) is 0 Å². The maximum atomic E-state index is 11.5. The van der Waals surface area contributed by atoms with Crippen LogP contribution in [0.1, 0.15) is 33.2 Å². The zero-order valence-electron chi connectivity index (χ0n) is 8.45. The number of ether oxygens (including phenoxy) is 1. The highest BCUT2D eigenvalue weighted by Gasteiger charge is 2.15. The van der Waals surface area contributed by atoms with E-state index >= 15 is 0 Å². The number of carbonyl (C=O) groups excluding carboxylic acids is 1. The second-order valence-electron chi connectivity index (χ2n) is 3.02. The SMILES string of the molecule is COC(=O)c1cc(C#N)ccc1C(C)Br. The Bertz CT molecular complexity index is 421. The Labute approximate surface area is 96.8 Å². The quantitative estimate of drug-likeness (QED) is 0.612. The number of hydrogen-bond acceptors (Lipinski definition) is 3. The van der Waals surface area contributed by atoms with Gasteiger partial charge in [-0.3, -0.25) is 0 Å². The molecule has 1 aromatic carbocycles. The van der Waals surface area contributed by atoms with Crippen LogP contribution in [0.25, 0.3) is 0 Å². The van der Waals surface area contributed by atoms with Gasteiger partial charge in [-0.1, -0.05) is 22.0 Å². The van der Waals surface area contributed by atoms with Crippen LogP contribution in [0.15, 0.2) is 18.2 Å². The Hall–Kier alpha value is -1.34. The number of rotatable bonds is 2. The van der Waals surface area contributed by atoms with Gasteiger partial charge in [0.25, 0.3) is 0 Å². The summed E-state index contributed by atoms with van der Waals surface area (Å²) in [5.74, 6) is -0.423. The summed E-state index contributed by atoms with van der Waals surface area (Å²) in [6.07, 6.45) is 0. The monoisotopic (exact) mass is 267 g/mol. The van der Waals surface area contributed by atoms with Crippen LogP contribution in [-0.2, 0) is 4.74 Å². The van der Waals surface area contributed by atoms with Gasteiger partial charge in [0.15, 0.2) is 0 Å². The summed E-state index contributed by atoms with van der Waals surface area (Å²) >= 11 is 3.39. The maximum Gasteiger partial charge on any atom is 0.338 e. The minimum atomic E-state index is -0.423. The number of carbonyl (C=O) groups is 1. The van der Waals surface area contributed by atoms with Gasteiger partial charge in [0.2, 0.25) is 0 Å². The van der Waals surface area contributed by atoms with E-state index in [1.54, 1.807) is 18.2 Å². The highest BCUT2D eigenvalue weighted by molar-refractivity contribution is 9.09. The lowest BCUT2D eigenvalue weighted by Gasteiger charge is -2.09. The predicted octanol–water partition coefficient (Wildman–Crippen LogP) is 2.80. The molecule has 0 aliphatic rings. The molecule has 0 bridgehead atoms. The van der Waals surface area contributed by atoms with Crippen molar-refractivity contribution in [2.75, 3.05) is 7.11 Å². The highest BCUT2D eigenvalue weighted by Crippen LogP contribution is 2.26. The molecule has 0 aliphatic heterocycles. The molecule has 0 saturated carbocycles. The molecular formula is C11H10BrNO2. The number of benzene rings is 1. The van der Waals surface area contributed by atoms with Gasteiger partial charge in [0, 0.05) is 4.83 Å². The lowest BCUT2D eigenvalue weighted by molar-refractivity contribution is 0.0599. The molecule has 3 nitrogen and oxygen atoms in total. The van der Waals surface area contributed by atoms with Crippen LogP contribution >= 0.6 is 15.9 Å². The number of nitriles is 1. The van der Waals surface area contributed by atoms with Crippen molar-refractivity contribution < 1.29 is 9.53 Å². The van der Waals surface area contributed by atoms with E-state index in [0.717, 1.165) is 5.56 Å². The van der Waals surface area contributed by atoms with E-state index in [1.165, 1.54) is 7.11 Å². The fraction of sp³-hybridized carbons (Fsp3) is 0.273. The zero-order valence-corrected chi connectivity index (χ0v) is 10.0. The molecule has 0 spiro atoms. The van der Waals surface area contributed by atoms with E-state index in [-0.39, 0.29) is 4.83 Å². The third-order valence-electron chi connectivity index (χ3n) is 2.02. The first-order chi connectivity index (χ1) is 7.10. The van der Waals surface area contributed by atoms with Crippen LogP contribution in [-0.4, -0.2) is 13.1 Å². The molecule has 1 atom stereocenters. The Morgan fingerprint density at radius 2 is 2.27 bits per heavy atom. The summed E-state index contributed by atoms with van der Waals surface area (Å²) in [5, 5.41) is 8.73. The number of nitrogens with zero attached hydrogens (tertiary/aromatic N) is 1. The van der Waals surface area contributed by atoms with Gasteiger partial charge in [-0.2, -0.15) is 5.26 Å². The first-order valence-corrected chi connectivity index (χ1v) is 5.28. The number of methoxy groups -OCH3 is 1. The maximum absolute atomic E-state index is 11.5. The fourth-order valence-corrected chi connectivity index (χ4v) is 1.66. The van der Waals surface area contributed by atoms with Crippen LogP contribution in [0, 0.1) is 11.3 Å². The van der Waals surface area contributed by atoms with Gasteiger partial charge in [-0.25, -0.2) is 4.79 Å². The van der Waals surface area contributed by atoms with Crippen molar-refractivity contribution in [2.24, 2.45) is 0 Å². The Kier molecular flexibility index (Phi) is 3.87. The number of alkyl halides is 1. The van der Waals surface area contributed by atoms with Crippen molar-refractivity contribution in [2.45, 2.75) is 11.8 Å². The zero-order chi connectivity index (χ0) is 11.4. The Balaban J connectivity index is 3.30. The molecule has 0 N–H and O–H groups in total. The summed E-state index contributed by atoms with van der Waals surface area (Å²) in [6.45, 7) is 1.91. The molecule has 15 heavy (non-hydrogen) atoms. The normalized spacial score (nSPS) is 11.6. The Morgan fingerprint density at radius 1 is 1.60 bits per heavy atom. The highest BCUT2D eigenvalue weighted by atomic mass is 79.9. The van der Waals surface area contributed by atoms with Crippen LogP contribution in [0.4, 0.5) is 0 Å². The van der Waals surface area contributed by atoms with E-state index in [2.05, 4.69) is 20.7 Å². The molecular weight excluding hydrogens is 258 g/mol. The molecule has 0 aromatic heterocycles. The molecule has 0 fully saturated rings. The first-order valence-electron chi connectivity index (χ1n) is 4.36. The van der Waals surface area contributed by atoms with Gasteiger partial charge in [0.1, 0.15) is 0 Å². The smallest absolute Gasteiger partial charge is 0.338 e. The lowest BCUT2D eigenvalue weighted by atomic mass is 10.0. The minimum absolute atomic E-state index is 0.0411. The van der Waals surface area contributed by atoms with Crippen LogP contribution in [0.2, 0.25) is 0 Å². The fourth-order valence-electron chi connectivity index (χ4n) is 1.26. The lowest BCUT2D eigenvalue weighted by Crippen LogP contribution is -2.06. The summed E-state index contributed by atoms with van der Waals surface area (Å²) in [6, 6.07) is 6.96. The standard InChI is InChI=1S/C11H10BrNO2/c1-7(12)9-4-3-8(6-13)5-10(9)11(14)15-2/h3-5,7H,1-2H3. The third kappa shape index (κ3) is 2.57. The second-order valence-corrected chi connectivity index (χ2v) is 4.39. The molecule has 0 aliphatic carbocycles. The van der Waals surface area contributed by atoms with Gasteiger partial charge in [0.05, 0.1) is 24.3 Å². The summed E-state index contributed by atoms with van der Waals surface area (Å²) in [7, 11) is 1.32. The molecule has 0 amide bonds. The number of hydrogen-bond donors (Lipinski definition) is 0. The third-order valence-corrected chi connectivity index (χ3v) is 2.51. The summed E-state index contributed by atoms with van der Waals surface area (Å²) in [4.78, 5) is 11.5. The van der Waals surface area contributed by atoms with Crippen molar-refractivity contribution in [1.82, 2.24) is 0 Å². The van der Waals surface area contributed by atoms with Crippen molar-refractivity contribution in [3.8, 4) is 6.07 Å². The van der Waals surface area contributed by atoms with E-state index in [1.807, 2.05) is 13.0 Å². The average Bonchev–Trinajstić information content (AvgIpc) is 2.26. The van der Waals surface area contributed by atoms with Gasteiger partial charge in [-0.05, 0) is 24.6 Å². The van der Waals surface area contributed by atoms with Crippen molar-refractivity contribution in [3.63, 3.8) is 0 Å². The van der Waals surface area contributed by atoms with Crippen molar-refractivity contribution >= 4 is 21.9 Å². The average molecular weight is 268 g/mol. The molecule has 0 heterocycles. The van der Waals surface area contributed by atoms with Crippen LogP contribution in [0.3, 0.4) is 0 Å². The van der Waals surface area contributed by atoms with E-state index in [4.69, 9.17) is 5.26 Å². The second kappa shape index (κ2) is 4.94. The molecule has 78 valence electrons. The van der Waals surface area contributed by atoms with Gasteiger partial charge < -0.3 is 4.74 Å². The van der Waals surface area contributed by atoms with E-state index in [0.29, 0.717) is 11.1 Å². The molecule has 1 aromatic rings. The molecule has 0 saturated heterocycles. The summed E-state index contributed by atoms with van der Waals surface area (Å²) < 4.78 is 4.66. The van der Waals surface area contributed by atoms with Crippen molar-refractivity contribution in [3.05, 3.63) is 34.9 Å². The molecule has 1 unspecified atom stereocenters. The largest absolute Gasteiger partial charge is 0.465 e. The number of halogens is 1. The minimum Gasteiger partial charge on any atom is -0.465 e. The topological polar surface area (TPSA) is 50.1 Å². The molecule has 0 radical (unpaired) electrons. The first kappa shape index (κ1) is 11.7. The number of esters is 1. The van der Waals surface area contributed by atoms with Crippen LogP contribution < -0.4 is 0 Å². The van der Waals surface area contributed by atoms with Crippen molar-refractivity contribution in [1.29, 1.82) is 5.26 Å². The molecule has 1 rings (SSSR count).